The average Bonchev–Trinajstić information content (AvgIpc) is 3.03. The van der Waals surface area contributed by atoms with Crippen LogP contribution in [0.4, 0.5) is 4.39 Å². The molecular formula is C17H19ClFN5O4S. The fraction of sp³-hybridized carbons (Fsp3) is 0.353. The minimum atomic E-state index is -3.91. The van der Waals surface area contributed by atoms with Crippen molar-refractivity contribution in [2.45, 2.75) is 6.92 Å². The molecule has 1 atom stereocenters. The first-order valence-electron chi connectivity index (χ1n) is 8.60. The molecule has 3 heterocycles. The molecule has 0 unspecified atom stereocenters. The summed E-state index contributed by atoms with van der Waals surface area (Å²) in [4.78, 5) is 22.1. The van der Waals surface area contributed by atoms with Crippen LogP contribution < -0.4 is 0 Å². The Morgan fingerprint density at radius 1 is 1.48 bits per heavy atom. The second-order valence-electron chi connectivity index (χ2n) is 6.64. The van der Waals surface area contributed by atoms with Crippen molar-refractivity contribution < 1.29 is 22.7 Å². The number of aromatic nitrogens is 3. The Morgan fingerprint density at radius 3 is 2.79 bits per heavy atom. The van der Waals surface area contributed by atoms with Crippen LogP contribution in [0.15, 0.2) is 24.4 Å². The molecule has 0 fully saturated rings. The van der Waals surface area contributed by atoms with Crippen molar-refractivity contribution in [2.24, 2.45) is 5.92 Å². The Labute approximate surface area is 172 Å². The Balaban J connectivity index is 1.85. The number of imidazole rings is 1. The zero-order valence-corrected chi connectivity index (χ0v) is 17.2. The number of carbonyl (C=O) groups is 1. The van der Waals surface area contributed by atoms with Crippen molar-refractivity contribution in [1.82, 2.24) is 23.6 Å². The number of rotatable bonds is 6. The van der Waals surface area contributed by atoms with E-state index in [2.05, 4.69) is 15.0 Å². The normalized spacial score (nSPS) is 18.1. The van der Waals surface area contributed by atoms with Gasteiger partial charge < -0.3 is 10.1 Å². The number of carboxylic acids is 1. The number of halogens is 2. The number of pyridine rings is 1. The predicted octanol–water partition coefficient (Wildman–Crippen LogP) is 1.86. The Hall–Kier alpha value is -2.34. The summed E-state index contributed by atoms with van der Waals surface area (Å²) in [6.07, 6.45) is 2.77. The SMILES string of the molecule is C[C@@H]1CN(S(=O)(=O)N(C)CC(=O)O)CC=C1c1nc(-c2ccc(F)cn2)[nH]c1Cl. The van der Waals surface area contributed by atoms with Crippen molar-refractivity contribution >= 4 is 33.4 Å². The van der Waals surface area contributed by atoms with Crippen molar-refractivity contribution in [2.75, 3.05) is 26.7 Å². The summed E-state index contributed by atoms with van der Waals surface area (Å²) in [5, 5.41) is 9.11. The standard InChI is InChI=1S/C17H19ClFN5O4S/c1-10-8-24(29(27,28)23(2)9-14(25)26)6-5-12(10)15-16(18)22-17(21-15)13-4-3-11(19)7-20-13/h3-5,7,10H,6,8-9H2,1-2H3,(H,21,22)(H,25,26)/t10-/m1/s1. The third-order valence-corrected chi connectivity index (χ3v) is 6.65. The van der Waals surface area contributed by atoms with Crippen LogP contribution in [0.1, 0.15) is 12.6 Å². The number of H-pyrrole nitrogens is 1. The van der Waals surface area contributed by atoms with Crippen LogP contribution in [0.2, 0.25) is 5.15 Å². The maximum Gasteiger partial charge on any atom is 0.318 e. The van der Waals surface area contributed by atoms with Gasteiger partial charge in [-0.25, -0.2) is 14.4 Å². The highest BCUT2D eigenvalue weighted by Crippen LogP contribution is 2.33. The molecular weight excluding hydrogens is 425 g/mol. The smallest absolute Gasteiger partial charge is 0.318 e. The van der Waals surface area contributed by atoms with Gasteiger partial charge in [-0.05, 0) is 23.6 Å². The van der Waals surface area contributed by atoms with E-state index in [1.807, 2.05) is 6.92 Å². The van der Waals surface area contributed by atoms with Crippen LogP contribution in [0.5, 0.6) is 0 Å². The third kappa shape index (κ3) is 4.47. The first-order valence-corrected chi connectivity index (χ1v) is 10.4. The summed E-state index contributed by atoms with van der Waals surface area (Å²) in [7, 11) is -2.69. The summed E-state index contributed by atoms with van der Waals surface area (Å²) >= 11 is 6.29. The molecule has 12 heteroatoms. The summed E-state index contributed by atoms with van der Waals surface area (Å²) in [6, 6.07) is 2.73. The molecule has 0 amide bonds. The lowest BCUT2D eigenvalue weighted by Gasteiger charge is -2.32. The average molecular weight is 444 g/mol. The minimum Gasteiger partial charge on any atom is -0.480 e. The van der Waals surface area contributed by atoms with Crippen LogP contribution in [0.3, 0.4) is 0 Å². The lowest BCUT2D eigenvalue weighted by Crippen LogP contribution is -2.47. The Kier molecular flexibility index (Phi) is 6.03. The Bertz CT molecular complexity index is 1050. The van der Waals surface area contributed by atoms with Crippen molar-refractivity contribution in [1.29, 1.82) is 0 Å². The number of nitrogens with zero attached hydrogens (tertiary/aromatic N) is 4. The lowest BCUT2D eigenvalue weighted by molar-refractivity contribution is -0.137. The molecule has 0 spiro atoms. The van der Waals surface area contributed by atoms with Gasteiger partial charge in [-0.15, -0.1) is 0 Å². The zero-order valence-electron chi connectivity index (χ0n) is 15.6. The van der Waals surface area contributed by atoms with E-state index >= 15 is 0 Å². The molecule has 0 aliphatic carbocycles. The first-order chi connectivity index (χ1) is 13.6. The van der Waals surface area contributed by atoms with E-state index in [1.54, 1.807) is 6.08 Å². The minimum absolute atomic E-state index is 0.0548. The number of hydrogen-bond donors (Lipinski definition) is 2. The third-order valence-electron chi connectivity index (χ3n) is 4.50. The van der Waals surface area contributed by atoms with Gasteiger partial charge in [0.1, 0.15) is 28.9 Å². The van der Waals surface area contributed by atoms with Gasteiger partial charge >= 0.3 is 5.97 Å². The van der Waals surface area contributed by atoms with Crippen LogP contribution in [-0.2, 0) is 15.0 Å². The number of hydrogen-bond acceptors (Lipinski definition) is 5. The van der Waals surface area contributed by atoms with Crippen molar-refractivity contribution in [3.05, 3.63) is 41.1 Å². The highest BCUT2D eigenvalue weighted by Gasteiger charge is 2.33. The van der Waals surface area contributed by atoms with Gasteiger partial charge in [0.2, 0.25) is 0 Å². The zero-order chi connectivity index (χ0) is 21.3. The number of likely N-dealkylation sites (N-methyl/N-ethyl adjacent to an activating group) is 1. The second kappa shape index (κ2) is 8.19. The van der Waals surface area contributed by atoms with Gasteiger partial charge in [-0.1, -0.05) is 24.6 Å². The van der Waals surface area contributed by atoms with Gasteiger partial charge in [0.25, 0.3) is 10.2 Å². The number of aromatic amines is 1. The van der Waals surface area contributed by atoms with E-state index in [-0.39, 0.29) is 24.2 Å². The molecule has 29 heavy (non-hydrogen) atoms. The van der Waals surface area contributed by atoms with E-state index in [0.29, 0.717) is 17.2 Å². The van der Waals surface area contributed by atoms with Gasteiger partial charge in [-0.2, -0.15) is 17.0 Å². The summed E-state index contributed by atoms with van der Waals surface area (Å²) in [5.74, 6) is -1.58. The van der Waals surface area contributed by atoms with Crippen LogP contribution >= 0.6 is 11.6 Å². The van der Waals surface area contributed by atoms with E-state index < -0.39 is 28.5 Å². The van der Waals surface area contributed by atoms with Gasteiger partial charge in [0.15, 0.2) is 5.82 Å². The second-order valence-corrected chi connectivity index (χ2v) is 9.06. The molecule has 0 bridgehead atoms. The van der Waals surface area contributed by atoms with Crippen LogP contribution in [0.25, 0.3) is 17.1 Å². The topological polar surface area (TPSA) is 119 Å². The van der Waals surface area contributed by atoms with Crippen LogP contribution in [0, 0.1) is 11.7 Å². The largest absolute Gasteiger partial charge is 0.480 e. The highest BCUT2D eigenvalue weighted by atomic mass is 35.5. The van der Waals surface area contributed by atoms with Crippen molar-refractivity contribution in [3.63, 3.8) is 0 Å². The number of nitrogens with one attached hydrogen (secondary N) is 1. The van der Waals surface area contributed by atoms with Gasteiger partial charge in [-0.3, -0.25) is 4.79 Å². The highest BCUT2D eigenvalue weighted by molar-refractivity contribution is 7.86. The van der Waals surface area contributed by atoms with E-state index in [9.17, 15) is 17.6 Å². The monoisotopic (exact) mass is 443 g/mol. The number of carboxylic acid groups (broad SMARTS) is 1. The first kappa shape index (κ1) is 21.4. The molecule has 0 saturated heterocycles. The molecule has 156 valence electrons. The van der Waals surface area contributed by atoms with Crippen molar-refractivity contribution in [3.8, 4) is 11.5 Å². The fourth-order valence-electron chi connectivity index (χ4n) is 3.05. The maximum absolute atomic E-state index is 13.1. The number of aliphatic carboxylic acids is 1. The van der Waals surface area contributed by atoms with Crippen LogP contribution in [-0.4, -0.2) is 69.7 Å². The Morgan fingerprint density at radius 2 is 2.21 bits per heavy atom. The van der Waals surface area contributed by atoms with Gasteiger partial charge in [0.05, 0.1) is 6.20 Å². The molecule has 3 rings (SSSR count). The summed E-state index contributed by atoms with van der Waals surface area (Å²) in [6.45, 7) is 1.40. The molecule has 1 aliphatic rings. The summed E-state index contributed by atoms with van der Waals surface area (Å²) in [5.41, 5.74) is 1.64. The fourth-order valence-corrected chi connectivity index (χ4v) is 4.63. The molecule has 0 saturated carbocycles. The molecule has 2 aromatic heterocycles. The maximum atomic E-state index is 13.1. The molecule has 9 nitrogen and oxygen atoms in total. The van der Waals surface area contributed by atoms with E-state index in [4.69, 9.17) is 16.7 Å². The molecule has 2 N–H and O–H groups in total. The predicted molar refractivity (Wildman–Crippen MR) is 105 cm³/mol. The summed E-state index contributed by atoms with van der Waals surface area (Å²) < 4.78 is 40.2. The molecule has 0 radical (unpaired) electrons. The molecule has 2 aromatic rings. The lowest BCUT2D eigenvalue weighted by atomic mass is 9.95. The molecule has 0 aromatic carbocycles. The van der Waals surface area contributed by atoms with E-state index in [0.717, 1.165) is 16.1 Å². The molecule has 1 aliphatic heterocycles. The quantitative estimate of drug-likeness (QED) is 0.703. The van der Waals surface area contributed by atoms with E-state index in [1.165, 1.54) is 23.5 Å². The van der Waals surface area contributed by atoms with Gasteiger partial charge in [0, 0.05) is 20.1 Å².